The normalized spacial score (nSPS) is 13.2. The Hall–Kier alpha value is -2.49. The van der Waals surface area contributed by atoms with E-state index in [-0.39, 0.29) is 24.3 Å². The fraction of sp³-hybridized carbons (Fsp3) is 0.560. The molecule has 0 fully saturated rings. The van der Waals surface area contributed by atoms with Gasteiger partial charge in [0.25, 0.3) is 5.56 Å². The molecule has 0 amide bonds. The first-order valence-electron chi connectivity index (χ1n) is 11.6. The summed E-state index contributed by atoms with van der Waals surface area (Å²) in [4.78, 5) is 40.0. The van der Waals surface area contributed by atoms with Gasteiger partial charge in [0.1, 0.15) is 6.73 Å². The molecule has 1 unspecified atom stereocenters. The Bertz CT molecular complexity index is 1080. The predicted molar refractivity (Wildman–Crippen MR) is 135 cm³/mol. The van der Waals surface area contributed by atoms with Gasteiger partial charge >= 0.3 is 11.7 Å². The lowest BCUT2D eigenvalue weighted by Crippen LogP contribution is -2.41. The van der Waals surface area contributed by atoms with E-state index in [0.29, 0.717) is 23.4 Å². The van der Waals surface area contributed by atoms with Crippen LogP contribution in [0.5, 0.6) is 0 Å². The van der Waals surface area contributed by atoms with Gasteiger partial charge in [-0.25, -0.2) is 4.79 Å². The second-order valence-electron chi connectivity index (χ2n) is 10.2. The minimum Gasteiger partial charge on any atom is -0.451 e. The summed E-state index contributed by atoms with van der Waals surface area (Å²) >= 11 is 0. The fourth-order valence-corrected chi connectivity index (χ4v) is 4.40. The molecule has 1 atom stereocenters. The highest BCUT2D eigenvalue weighted by Gasteiger charge is 2.37. The molecular weight excluding hydrogens is 452 g/mol. The summed E-state index contributed by atoms with van der Waals surface area (Å²) in [6, 6.07) is 9.05. The number of benzene rings is 1. The second-order valence-corrected chi connectivity index (χ2v) is 15.0. The quantitative estimate of drug-likeness (QED) is 0.303. The number of H-pyrrole nitrogens is 1. The van der Waals surface area contributed by atoms with Crippen molar-refractivity contribution in [3.05, 3.63) is 68.0 Å². The number of hydrogen-bond acceptors (Lipinski definition) is 6. The van der Waals surface area contributed by atoms with Gasteiger partial charge in [-0.2, -0.15) is 0 Å². The van der Waals surface area contributed by atoms with Gasteiger partial charge < -0.3 is 13.9 Å². The number of carbonyl (C=O) groups excluding carboxylic acids is 1. The number of aromatic amines is 1. The van der Waals surface area contributed by atoms with Crippen LogP contribution in [0, 0.1) is 0 Å². The first kappa shape index (κ1) is 27.7. The highest BCUT2D eigenvalue weighted by Crippen LogP contribution is 2.36. The van der Waals surface area contributed by atoms with Crippen LogP contribution in [0.25, 0.3) is 0 Å². The van der Waals surface area contributed by atoms with Crippen molar-refractivity contribution in [3.63, 3.8) is 0 Å². The number of ether oxygens (including phenoxy) is 2. The van der Waals surface area contributed by atoms with E-state index in [9.17, 15) is 14.4 Å². The zero-order valence-electron chi connectivity index (χ0n) is 21.6. The minimum absolute atomic E-state index is 0.0785. The van der Waals surface area contributed by atoms with Gasteiger partial charge in [-0.05, 0) is 29.6 Å². The van der Waals surface area contributed by atoms with Crippen LogP contribution in [-0.4, -0.2) is 37.1 Å². The first-order valence-corrected chi connectivity index (χ1v) is 14.5. The van der Waals surface area contributed by atoms with Gasteiger partial charge in [-0.3, -0.25) is 19.1 Å². The summed E-state index contributed by atoms with van der Waals surface area (Å²) in [5, 5.41) is 0.0785. The number of esters is 1. The molecule has 0 saturated carbocycles. The van der Waals surface area contributed by atoms with Crippen LogP contribution in [0.15, 0.2) is 39.9 Å². The molecule has 0 bridgehead atoms. The highest BCUT2D eigenvalue weighted by atomic mass is 28.4. The molecule has 34 heavy (non-hydrogen) atoms. The summed E-state index contributed by atoms with van der Waals surface area (Å²) in [5.41, 5.74) is 0.217. The van der Waals surface area contributed by atoms with Crippen LogP contribution in [0.1, 0.15) is 70.4 Å². The van der Waals surface area contributed by atoms with Gasteiger partial charge in [0, 0.05) is 12.5 Å². The summed E-state index contributed by atoms with van der Waals surface area (Å²) < 4.78 is 18.9. The summed E-state index contributed by atoms with van der Waals surface area (Å²) in [6.07, 6.45) is -0.932. The molecule has 188 valence electrons. The van der Waals surface area contributed by atoms with E-state index in [0.717, 1.165) is 0 Å². The van der Waals surface area contributed by atoms with Crippen molar-refractivity contribution < 1.29 is 18.7 Å². The third-order valence-electron chi connectivity index (χ3n) is 6.21. The Labute approximate surface area is 202 Å². The minimum atomic E-state index is -1.92. The molecule has 1 aromatic carbocycles. The van der Waals surface area contributed by atoms with Crippen LogP contribution in [0.4, 0.5) is 0 Å². The van der Waals surface area contributed by atoms with E-state index >= 15 is 0 Å². The number of carbonyl (C=O) groups is 1. The summed E-state index contributed by atoms with van der Waals surface area (Å²) in [7, 11) is -1.92. The van der Waals surface area contributed by atoms with Crippen molar-refractivity contribution in [1.29, 1.82) is 0 Å². The number of nitrogens with one attached hydrogen (secondary N) is 1. The molecule has 8 nitrogen and oxygen atoms in total. The van der Waals surface area contributed by atoms with Gasteiger partial charge in [0.05, 0.1) is 18.9 Å². The van der Waals surface area contributed by atoms with E-state index < -0.39 is 31.6 Å². The van der Waals surface area contributed by atoms with Gasteiger partial charge in [-0.15, -0.1) is 0 Å². The van der Waals surface area contributed by atoms with E-state index in [1.54, 1.807) is 12.1 Å². The molecule has 1 heterocycles. The lowest BCUT2D eigenvalue weighted by atomic mass is 9.96. The Morgan fingerprint density at radius 2 is 1.71 bits per heavy atom. The fourth-order valence-electron chi connectivity index (χ4n) is 3.38. The van der Waals surface area contributed by atoms with Gasteiger partial charge in [0.2, 0.25) is 0 Å². The van der Waals surface area contributed by atoms with Gasteiger partial charge in [0.15, 0.2) is 14.4 Å². The van der Waals surface area contributed by atoms with Crippen molar-refractivity contribution in [2.75, 3.05) is 13.2 Å². The zero-order valence-corrected chi connectivity index (χ0v) is 22.6. The average molecular weight is 491 g/mol. The second kappa shape index (κ2) is 11.3. The summed E-state index contributed by atoms with van der Waals surface area (Å²) in [6.45, 7) is 16.4. The monoisotopic (exact) mass is 490 g/mol. The lowest BCUT2D eigenvalue weighted by molar-refractivity contribution is -0.145. The van der Waals surface area contributed by atoms with E-state index in [4.69, 9.17) is 13.9 Å². The number of aromatic nitrogens is 2. The van der Waals surface area contributed by atoms with Crippen molar-refractivity contribution >= 4 is 14.3 Å². The van der Waals surface area contributed by atoms with Crippen LogP contribution < -0.4 is 11.2 Å². The highest BCUT2D eigenvalue weighted by molar-refractivity contribution is 6.74. The predicted octanol–water partition coefficient (Wildman–Crippen LogP) is 4.31. The molecule has 0 spiro atoms. The number of rotatable bonds is 10. The van der Waals surface area contributed by atoms with Crippen molar-refractivity contribution in [3.8, 4) is 0 Å². The van der Waals surface area contributed by atoms with Crippen molar-refractivity contribution in [2.45, 2.75) is 78.4 Å². The molecule has 1 aromatic heterocycles. The maximum atomic E-state index is 12.9. The number of hydrogen-bond donors (Lipinski definition) is 1. The maximum absolute atomic E-state index is 12.9. The maximum Gasteiger partial charge on any atom is 0.330 e. The van der Waals surface area contributed by atoms with Crippen molar-refractivity contribution in [2.24, 2.45) is 0 Å². The Morgan fingerprint density at radius 3 is 2.24 bits per heavy atom. The lowest BCUT2D eigenvalue weighted by Gasteiger charge is -2.36. The molecule has 9 heteroatoms. The Balaban J connectivity index is 2.42. The number of nitrogens with zero attached hydrogens (tertiary/aromatic N) is 1. The van der Waals surface area contributed by atoms with Gasteiger partial charge in [-0.1, -0.05) is 65.0 Å². The van der Waals surface area contributed by atoms with E-state index in [2.05, 4.69) is 38.8 Å². The molecule has 0 saturated heterocycles. The molecule has 0 aliphatic carbocycles. The van der Waals surface area contributed by atoms with E-state index in [1.807, 2.05) is 32.0 Å². The van der Waals surface area contributed by atoms with Crippen LogP contribution >= 0.6 is 0 Å². The SMILES string of the molecule is CC(=O)OC(c1ccccc1)c1c(C(C)C)c(=O)[nH]c(=O)n1COCCO[Si](C)(C)C(C)(C)C. The molecule has 2 rings (SSSR count). The Kier molecular flexibility index (Phi) is 9.21. The molecular formula is C25H38N2O6Si. The van der Waals surface area contributed by atoms with Crippen LogP contribution in [0.3, 0.4) is 0 Å². The topological polar surface area (TPSA) is 99.6 Å². The summed E-state index contributed by atoms with van der Waals surface area (Å²) in [5.74, 6) is -0.749. The van der Waals surface area contributed by atoms with E-state index in [1.165, 1.54) is 11.5 Å². The smallest absolute Gasteiger partial charge is 0.330 e. The molecule has 0 aliphatic rings. The largest absolute Gasteiger partial charge is 0.451 e. The third kappa shape index (κ3) is 6.77. The zero-order chi connectivity index (χ0) is 25.7. The molecule has 1 N–H and O–H groups in total. The molecule has 2 aromatic rings. The standard InChI is InChI=1S/C25H38N2O6Si/c1-17(2)20-21(22(33-18(3)28)19-12-10-9-11-13-19)27(24(30)26-23(20)29)16-31-14-15-32-34(7,8)25(4,5)6/h9-13,17,22H,14-16H2,1-8H3,(H,26,29,30). The van der Waals surface area contributed by atoms with Crippen molar-refractivity contribution in [1.82, 2.24) is 9.55 Å². The molecule has 0 aliphatic heterocycles. The molecule has 0 radical (unpaired) electrons. The first-order chi connectivity index (χ1) is 15.8. The van der Waals surface area contributed by atoms with Crippen LogP contribution in [0.2, 0.25) is 18.1 Å². The van der Waals surface area contributed by atoms with Crippen LogP contribution in [-0.2, 0) is 25.4 Å². The average Bonchev–Trinajstić information content (AvgIpc) is 2.72. The Morgan fingerprint density at radius 1 is 1.09 bits per heavy atom. The third-order valence-corrected chi connectivity index (χ3v) is 10.7.